The van der Waals surface area contributed by atoms with Gasteiger partial charge in [0.25, 0.3) is 0 Å². The minimum Gasteiger partial charge on any atom is -0.206 e. The van der Waals surface area contributed by atoms with Crippen LogP contribution in [0, 0.1) is 5.82 Å². The molecule has 0 radical (unpaired) electrons. The number of halogens is 3. The van der Waals surface area contributed by atoms with E-state index < -0.39 is 0 Å². The van der Waals surface area contributed by atoms with E-state index in [1.54, 1.807) is 12.1 Å². The third-order valence-corrected chi connectivity index (χ3v) is 2.45. The van der Waals surface area contributed by atoms with Gasteiger partial charge in [0.2, 0.25) is 0 Å². The van der Waals surface area contributed by atoms with Gasteiger partial charge < -0.3 is 0 Å². The predicted molar refractivity (Wildman–Crippen MR) is 60.4 cm³/mol. The fourth-order valence-corrected chi connectivity index (χ4v) is 1.67. The average Bonchev–Trinajstić information content (AvgIpc) is 2.14. The van der Waals surface area contributed by atoms with Gasteiger partial charge in [0.15, 0.2) is 0 Å². The summed E-state index contributed by atoms with van der Waals surface area (Å²) in [5.41, 5.74) is 1.30. The maximum absolute atomic E-state index is 13.4. The van der Waals surface area contributed by atoms with Gasteiger partial charge in [-0.3, -0.25) is 0 Å². The topological polar surface area (TPSA) is 0 Å². The van der Waals surface area contributed by atoms with Gasteiger partial charge in [0, 0.05) is 11.4 Å². The molecular formula is C11H11Cl2F. The molecular weight excluding hydrogens is 222 g/mol. The van der Waals surface area contributed by atoms with E-state index in [1.165, 1.54) is 6.07 Å². The van der Waals surface area contributed by atoms with E-state index in [9.17, 15) is 4.39 Å². The van der Waals surface area contributed by atoms with Crippen molar-refractivity contribution in [2.75, 3.05) is 5.88 Å². The summed E-state index contributed by atoms with van der Waals surface area (Å²) in [4.78, 5) is 0. The van der Waals surface area contributed by atoms with Crippen molar-refractivity contribution in [2.24, 2.45) is 0 Å². The summed E-state index contributed by atoms with van der Waals surface area (Å²) >= 11 is 11.4. The highest BCUT2D eigenvalue weighted by atomic mass is 35.5. The van der Waals surface area contributed by atoms with Crippen LogP contribution in [-0.2, 0) is 0 Å². The highest BCUT2D eigenvalue weighted by molar-refractivity contribution is 6.32. The maximum atomic E-state index is 13.4. The first kappa shape index (κ1) is 11.5. The Morgan fingerprint density at radius 1 is 1.50 bits per heavy atom. The number of hydrogen-bond donors (Lipinski definition) is 0. The molecule has 0 saturated carbocycles. The fraction of sp³-hybridized carbons (Fsp3) is 0.273. The molecule has 0 aromatic heterocycles. The van der Waals surface area contributed by atoms with Gasteiger partial charge in [-0.05, 0) is 31.1 Å². The van der Waals surface area contributed by atoms with Crippen molar-refractivity contribution in [3.63, 3.8) is 0 Å². The molecule has 14 heavy (non-hydrogen) atoms. The van der Waals surface area contributed by atoms with Gasteiger partial charge in [-0.25, -0.2) is 4.39 Å². The lowest BCUT2D eigenvalue weighted by molar-refractivity contribution is 0.624. The maximum Gasteiger partial charge on any atom is 0.132 e. The molecule has 0 nitrogen and oxygen atoms in total. The van der Waals surface area contributed by atoms with E-state index in [-0.39, 0.29) is 5.82 Å². The van der Waals surface area contributed by atoms with Crippen molar-refractivity contribution >= 4 is 28.8 Å². The van der Waals surface area contributed by atoms with Gasteiger partial charge in [-0.2, -0.15) is 0 Å². The third-order valence-electron chi connectivity index (χ3n) is 1.92. The molecule has 0 aliphatic carbocycles. The molecule has 0 heterocycles. The molecule has 76 valence electrons. The second-order valence-corrected chi connectivity index (χ2v) is 3.75. The molecule has 0 amide bonds. The first-order chi connectivity index (χ1) is 6.66. The van der Waals surface area contributed by atoms with E-state index in [4.69, 9.17) is 23.2 Å². The minimum atomic E-state index is -0.291. The van der Waals surface area contributed by atoms with Gasteiger partial charge in [-0.15, -0.1) is 11.6 Å². The average molecular weight is 233 g/mol. The first-order valence-corrected chi connectivity index (χ1v) is 5.25. The number of rotatable bonds is 3. The summed E-state index contributed by atoms with van der Waals surface area (Å²) < 4.78 is 13.4. The molecule has 0 bridgehead atoms. The summed E-state index contributed by atoms with van der Waals surface area (Å²) in [6, 6.07) is 4.67. The Balaban J connectivity index is 3.05. The van der Waals surface area contributed by atoms with Crippen LogP contribution in [0.3, 0.4) is 0 Å². The van der Waals surface area contributed by atoms with E-state index >= 15 is 0 Å². The second kappa shape index (κ2) is 5.38. The zero-order valence-electron chi connectivity index (χ0n) is 7.86. The molecule has 0 unspecified atom stereocenters. The molecule has 1 aromatic carbocycles. The summed E-state index contributed by atoms with van der Waals surface area (Å²) in [6.45, 7) is 1.83. The Morgan fingerprint density at radius 3 is 2.79 bits per heavy atom. The molecule has 0 N–H and O–H groups in total. The number of hydrogen-bond acceptors (Lipinski definition) is 0. The van der Waals surface area contributed by atoms with E-state index in [2.05, 4.69) is 0 Å². The largest absolute Gasteiger partial charge is 0.206 e. The molecule has 1 rings (SSSR count). The van der Waals surface area contributed by atoms with Crippen LogP contribution in [0.25, 0.3) is 5.57 Å². The Morgan fingerprint density at radius 2 is 2.21 bits per heavy atom. The third kappa shape index (κ3) is 2.73. The molecule has 0 saturated heterocycles. The van der Waals surface area contributed by atoms with Crippen molar-refractivity contribution in [3.8, 4) is 0 Å². The highest BCUT2D eigenvalue weighted by Gasteiger charge is 2.07. The monoisotopic (exact) mass is 232 g/mol. The SMILES string of the molecule is C/C(=C/CCCl)c1c(F)cccc1Cl. The van der Waals surface area contributed by atoms with E-state index in [0.29, 0.717) is 16.5 Å². The van der Waals surface area contributed by atoms with Crippen LogP contribution in [-0.4, -0.2) is 5.88 Å². The number of allylic oxidation sites excluding steroid dienone is 2. The van der Waals surface area contributed by atoms with Crippen molar-refractivity contribution < 1.29 is 4.39 Å². The summed E-state index contributed by atoms with van der Waals surface area (Å²) in [6.07, 6.45) is 2.61. The Labute approximate surface area is 93.3 Å². The fourth-order valence-electron chi connectivity index (χ4n) is 1.25. The smallest absolute Gasteiger partial charge is 0.132 e. The van der Waals surface area contributed by atoms with Crippen molar-refractivity contribution in [3.05, 3.63) is 40.7 Å². The van der Waals surface area contributed by atoms with Gasteiger partial charge in [-0.1, -0.05) is 23.7 Å². The molecule has 0 fully saturated rings. The van der Waals surface area contributed by atoms with Crippen molar-refractivity contribution in [2.45, 2.75) is 13.3 Å². The van der Waals surface area contributed by atoms with Crippen molar-refractivity contribution in [1.82, 2.24) is 0 Å². The van der Waals surface area contributed by atoms with Crippen LogP contribution < -0.4 is 0 Å². The molecule has 3 heteroatoms. The van der Waals surface area contributed by atoms with Crippen LogP contribution in [0.4, 0.5) is 4.39 Å². The first-order valence-electron chi connectivity index (χ1n) is 4.34. The predicted octanol–water partition coefficient (Wildman–Crippen LogP) is 4.51. The zero-order valence-corrected chi connectivity index (χ0v) is 9.37. The van der Waals surface area contributed by atoms with Gasteiger partial charge in [0.1, 0.15) is 5.82 Å². The van der Waals surface area contributed by atoms with E-state index in [0.717, 1.165) is 12.0 Å². The second-order valence-electron chi connectivity index (χ2n) is 2.96. The highest BCUT2D eigenvalue weighted by Crippen LogP contribution is 2.26. The van der Waals surface area contributed by atoms with Crippen molar-refractivity contribution in [1.29, 1.82) is 0 Å². The molecule has 1 aromatic rings. The standard InChI is InChI=1S/C11H11Cl2F/c1-8(4-3-7-12)11-9(13)5-2-6-10(11)14/h2,4-6H,3,7H2,1H3/b8-4-. The molecule has 0 spiro atoms. The lowest BCUT2D eigenvalue weighted by Crippen LogP contribution is -1.88. The van der Waals surface area contributed by atoms with Gasteiger partial charge >= 0.3 is 0 Å². The quantitative estimate of drug-likeness (QED) is 0.673. The summed E-state index contributed by atoms with van der Waals surface area (Å²) in [7, 11) is 0. The Hall–Kier alpha value is -0.530. The lowest BCUT2D eigenvalue weighted by Gasteiger charge is -2.05. The van der Waals surface area contributed by atoms with Crippen LogP contribution in [0.1, 0.15) is 18.9 Å². The summed E-state index contributed by atoms with van der Waals surface area (Å²) in [5, 5.41) is 0.438. The van der Waals surface area contributed by atoms with Crippen LogP contribution in [0.15, 0.2) is 24.3 Å². The number of benzene rings is 1. The summed E-state index contributed by atoms with van der Waals surface area (Å²) in [5.74, 6) is 0.240. The molecule has 0 aliphatic heterocycles. The normalized spacial score (nSPS) is 11.9. The number of alkyl halides is 1. The zero-order chi connectivity index (χ0) is 10.6. The molecule has 0 aliphatic rings. The van der Waals surface area contributed by atoms with Crippen LogP contribution >= 0.6 is 23.2 Å². The van der Waals surface area contributed by atoms with Gasteiger partial charge in [0.05, 0.1) is 5.02 Å². The lowest BCUT2D eigenvalue weighted by atomic mass is 10.1. The Bertz CT molecular complexity index is 325. The molecule has 0 atom stereocenters. The van der Waals surface area contributed by atoms with E-state index in [1.807, 2.05) is 13.0 Å². The van der Waals surface area contributed by atoms with Crippen LogP contribution in [0.5, 0.6) is 0 Å². The van der Waals surface area contributed by atoms with Crippen LogP contribution in [0.2, 0.25) is 5.02 Å². The Kier molecular flexibility index (Phi) is 4.43. The minimum absolute atomic E-state index is 0.291.